The summed E-state index contributed by atoms with van der Waals surface area (Å²) in [4.78, 5) is 11.5. The maximum atomic E-state index is 11.5. The number of para-hydroxylation sites is 1. The van der Waals surface area contributed by atoms with Crippen molar-refractivity contribution in [2.75, 3.05) is 13.2 Å². The summed E-state index contributed by atoms with van der Waals surface area (Å²) in [5.41, 5.74) is 0.577. The predicted molar refractivity (Wildman–Crippen MR) is 81.6 cm³/mol. The molecule has 0 unspecified atom stereocenters. The average Bonchev–Trinajstić information content (AvgIpc) is 2.44. The number of benzene rings is 2. The molecular formula is C16H15BrO3. The van der Waals surface area contributed by atoms with E-state index in [9.17, 15) is 4.79 Å². The molecule has 0 saturated carbocycles. The highest BCUT2D eigenvalue weighted by Gasteiger charge is 2.08. The van der Waals surface area contributed by atoms with Gasteiger partial charge in [-0.25, -0.2) is 0 Å². The summed E-state index contributed by atoms with van der Waals surface area (Å²) in [6, 6.07) is 14.9. The summed E-state index contributed by atoms with van der Waals surface area (Å²) < 4.78 is 12.0. The molecule has 0 amide bonds. The van der Waals surface area contributed by atoms with Crippen molar-refractivity contribution in [3.8, 4) is 11.5 Å². The highest BCUT2D eigenvalue weighted by Crippen LogP contribution is 2.24. The molecule has 0 atom stereocenters. The van der Waals surface area contributed by atoms with Gasteiger partial charge in [0, 0.05) is 4.47 Å². The lowest BCUT2D eigenvalue weighted by atomic mass is 10.1. The zero-order valence-electron chi connectivity index (χ0n) is 11.1. The summed E-state index contributed by atoms with van der Waals surface area (Å²) in [5, 5.41) is 0. The Kier molecular flexibility index (Phi) is 5.18. The third-order valence-corrected chi connectivity index (χ3v) is 3.17. The Labute approximate surface area is 126 Å². The predicted octanol–water partition coefficient (Wildman–Crippen LogP) is 4.11. The summed E-state index contributed by atoms with van der Waals surface area (Å²) >= 11 is 3.37. The van der Waals surface area contributed by atoms with E-state index in [0.29, 0.717) is 24.5 Å². The van der Waals surface area contributed by atoms with Crippen molar-refractivity contribution in [3.63, 3.8) is 0 Å². The van der Waals surface area contributed by atoms with Crippen molar-refractivity contribution in [2.45, 2.75) is 6.92 Å². The second-order valence-corrected chi connectivity index (χ2v) is 5.12. The second kappa shape index (κ2) is 7.10. The first kappa shape index (κ1) is 14.6. The van der Waals surface area contributed by atoms with E-state index in [-0.39, 0.29) is 5.78 Å². The molecule has 20 heavy (non-hydrogen) atoms. The molecule has 0 spiro atoms. The monoisotopic (exact) mass is 334 g/mol. The highest BCUT2D eigenvalue weighted by atomic mass is 79.9. The van der Waals surface area contributed by atoms with Crippen molar-refractivity contribution in [2.24, 2.45) is 0 Å². The maximum Gasteiger partial charge on any atom is 0.163 e. The Bertz CT molecular complexity index is 582. The Morgan fingerprint density at radius 3 is 2.45 bits per heavy atom. The van der Waals surface area contributed by atoms with Crippen molar-refractivity contribution in [3.05, 3.63) is 58.6 Å². The molecule has 104 valence electrons. The van der Waals surface area contributed by atoms with Gasteiger partial charge in [0.2, 0.25) is 0 Å². The number of ketones is 1. The van der Waals surface area contributed by atoms with E-state index in [2.05, 4.69) is 15.9 Å². The van der Waals surface area contributed by atoms with Gasteiger partial charge in [0.1, 0.15) is 24.7 Å². The Morgan fingerprint density at radius 2 is 1.75 bits per heavy atom. The fraction of sp³-hybridized carbons (Fsp3) is 0.188. The van der Waals surface area contributed by atoms with Crippen LogP contribution in [0.5, 0.6) is 11.5 Å². The van der Waals surface area contributed by atoms with Crippen LogP contribution in [-0.4, -0.2) is 19.0 Å². The largest absolute Gasteiger partial charge is 0.490 e. The summed E-state index contributed by atoms with van der Waals surface area (Å²) in [7, 11) is 0. The molecule has 2 rings (SSSR count). The molecule has 0 bridgehead atoms. The molecule has 0 fully saturated rings. The fourth-order valence-corrected chi connectivity index (χ4v) is 2.07. The summed E-state index contributed by atoms with van der Waals surface area (Å²) in [6.45, 7) is 2.33. The van der Waals surface area contributed by atoms with Crippen LogP contribution in [0.1, 0.15) is 17.3 Å². The number of hydrogen-bond donors (Lipinski definition) is 0. The average molecular weight is 335 g/mol. The van der Waals surface area contributed by atoms with Gasteiger partial charge in [0.15, 0.2) is 5.78 Å². The minimum absolute atomic E-state index is 0.0172. The van der Waals surface area contributed by atoms with E-state index in [1.54, 1.807) is 12.1 Å². The topological polar surface area (TPSA) is 35.5 Å². The van der Waals surface area contributed by atoms with Gasteiger partial charge < -0.3 is 9.47 Å². The van der Waals surface area contributed by atoms with Crippen LogP contribution in [0.4, 0.5) is 0 Å². The van der Waals surface area contributed by atoms with Crippen LogP contribution >= 0.6 is 15.9 Å². The third-order valence-electron chi connectivity index (χ3n) is 2.68. The van der Waals surface area contributed by atoms with Crippen LogP contribution in [0.25, 0.3) is 0 Å². The zero-order valence-corrected chi connectivity index (χ0v) is 12.7. The molecule has 3 nitrogen and oxygen atoms in total. The van der Waals surface area contributed by atoms with Gasteiger partial charge in [0.25, 0.3) is 0 Å². The van der Waals surface area contributed by atoms with Gasteiger partial charge >= 0.3 is 0 Å². The highest BCUT2D eigenvalue weighted by molar-refractivity contribution is 9.10. The van der Waals surface area contributed by atoms with Gasteiger partial charge in [-0.05, 0) is 37.3 Å². The first-order valence-electron chi connectivity index (χ1n) is 6.28. The van der Waals surface area contributed by atoms with Crippen molar-refractivity contribution in [1.82, 2.24) is 0 Å². The van der Waals surface area contributed by atoms with Crippen LogP contribution in [-0.2, 0) is 0 Å². The second-order valence-electron chi connectivity index (χ2n) is 4.21. The maximum absolute atomic E-state index is 11.5. The minimum atomic E-state index is -0.0172. The van der Waals surface area contributed by atoms with Crippen molar-refractivity contribution in [1.29, 1.82) is 0 Å². The zero-order chi connectivity index (χ0) is 14.4. The van der Waals surface area contributed by atoms with Crippen molar-refractivity contribution >= 4 is 21.7 Å². The number of rotatable bonds is 6. The quantitative estimate of drug-likeness (QED) is 0.589. The molecule has 0 radical (unpaired) electrons. The number of halogens is 1. The SMILES string of the molecule is CC(=O)c1ccc(Br)cc1OCCOc1ccccc1. The number of ether oxygens (including phenoxy) is 2. The number of Topliss-reactive ketones (excluding diaryl/α,β-unsaturated/α-hetero) is 1. The molecule has 2 aromatic rings. The molecule has 0 heterocycles. The van der Waals surface area contributed by atoms with Crippen LogP contribution < -0.4 is 9.47 Å². The van der Waals surface area contributed by atoms with Crippen molar-refractivity contribution < 1.29 is 14.3 Å². The normalized spacial score (nSPS) is 10.1. The van der Waals surface area contributed by atoms with E-state index in [1.165, 1.54) is 6.92 Å². The molecule has 0 aromatic heterocycles. The first-order chi connectivity index (χ1) is 9.66. The van der Waals surface area contributed by atoms with Crippen LogP contribution in [0, 0.1) is 0 Å². The molecule has 0 saturated heterocycles. The van der Waals surface area contributed by atoms with Gasteiger partial charge in [-0.3, -0.25) is 4.79 Å². The molecule has 4 heteroatoms. The van der Waals surface area contributed by atoms with Gasteiger partial charge in [0.05, 0.1) is 5.56 Å². The van der Waals surface area contributed by atoms with E-state index < -0.39 is 0 Å². The lowest BCUT2D eigenvalue weighted by Crippen LogP contribution is -2.10. The van der Waals surface area contributed by atoms with Gasteiger partial charge in [-0.15, -0.1) is 0 Å². The van der Waals surface area contributed by atoms with E-state index >= 15 is 0 Å². The van der Waals surface area contributed by atoms with Crippen LogP contribution in [0.2, 0.25) is 0 Å². The number of hydrogen-bond acceptors (Lipinski definition) is 3. The fourth-order valence-electron chi connectivity index (χ4n) is 1.73. The van der Waals surface area contributed by atoms with E-state index in [0.717, 1.165) is 10.2 Å². The minimum Gasteiger partial charge on any atom is -0.490 e. The van der Waals surface area contributed by atoms with Gasteiger partial charge in [-0.1, -0.05) is 34.1 Å². The Morgan fingerprint density at radius 1 is 1.05 bits per heavy atom. The lowest BCUT2D eigenvalue weighted by Gasteiger charge is -2.11. The lowest BCUT2D eigenvalue weighted by molar-refractivity contribution is 0.101. The molecular weight excluding hydrogens is 320 g/mol. The summed E-state index contributed by atoms with van der Waals surface area (Å²) in [6.07, 6.45) is 0. The van der Waals surface area contributed by atoms with Crippen LogP contribution in [0.15, 0.2) is 53.0 Å². The summed E-state index contributed by atoms with van der Waals surface area (Å²) in [5.74, 6) is 1.36. The Hall–Kier alpha value is -1.81. The number of carbonyl (C=O) groups is 1. The molecule has 0 aliphatic heterocycles. The van der Waals surface area contributed by atoms with E-state index in [1.807, 2.05) is 36.4 Å². The van der Waals surface area contributed by atoms with Crippen LogP contribution in [0.3, 0.4) is 0 Å². The third kappa shape index (κ3) is 4.10. The standard InChI is InChI=1S/C16H15BrO3/c1-12(18)15-8-7-13(17)11-16(15)20-10-9-19-14-5-3-2-4-6-14/h2-8,11H,9-10H2,1H3. The smallest absolute Gasteiger partial charge is 0.163 e. The molecule has 2 aromatic carbocycles. The molecule has 0 aliphatic carbocycles. The first-order valence-corrected chi connectivity index (χ1v) is 7.07. The van der Waals surface area contributed by atoms with E-state index in [4.69, 9.17) is 9.47 Å². The molecule has 0 aliphatic rings. The number of carbonyl (C=O) groups excluding carboxylic acids is 1. The van der Waals surface area contributed by atoms with Gasteiger partial charge in [-0.2, -0.15) is 0 Å². The molecule has 0 N–H and O–H groups in total. The Balaban J connectivity index is 1.91.